The molecule has 0 amide bonds. The lowest BCUT2D eigenvalue weighted by Crippen LogP contribution is -2.50. The van der Waals surface area contributed by atoms with E-state index in [0.29, 0.717) is 5.92 Å². The lowest BCUT2D eigenvalue weighted by molar-refractivity contribution is 0.194. The number of piperidine rings is 1. The zero-order valence-corrected chi connectivity index (χ0v) is 11.3. The Morgan fingerprint density at radius 2 is 2.24 bits per heavy atom. The Hall–Kier alpha value is -0.810. The monoisotopic (exact) mass is 242 g/mol. The topological polar surface area (TPSA) is 62.9 Å². The van der Waals surface area contributed by atoms with Crippen molar-refractivity contribution in [3.63, 3.8) is 0 Å². The molecule has 100 valence electrons. The van der Waals surface area contributed by atoms with Gasteiger partial charge in [0.05, 0.1) is 0 Å². The average molecular weight is 242 g/mol. The number of hydrogen-bond donors (Lipinski definition) is 2. The van der Waals surface area contributed by atoms with Crippen molar-refractivity contribution < 1.29 is 4.74 Å². The predicted molar refractivity (Wildman–Crippen MR) is 70.6 cm³/mol. The van der Waals surface area contributed by atoms with E-state index in [1.807, 2.05) is 0 Å². The average Bonchev–Trinajstić information content (AvgIpc) is 2.33. The van der Waals surface area contributed by atoms with Crippen LogP contribution in [0.4, 0.5) is 0 Å². The molecule has 0 radical (unpaired) electrons. The quantitative estimate of drug-likeness (QED) is 0.252. The van der Waals surface area contributed by atoms with Crippen LogP contribution in [-0.4, -0.2) is 44.2 Å². The first-order valence-electron chi connectivity index (χ1n) is 6.44. The standard InChI is InChI=1S/C12H26N4O/c1-10-5-7-16(9-11(10)2)12(15-13)14-6-4-8-17-3/h10-11H,4-9,13H2,1-3H3,(H,14,15). The Kier molecular flexibility index (Phi) is 6.29. The molecule has 2 atom stereocenters. The van der Waals surface area contributed by atoms with Crippen LogP contribution in [0.1, 0.15) is 26.7 Å². The van der Waals surface area contributed by atoms with Gasteiger partial charge >= 0.3 is 0 Å². The van der Waals surface area contributed by atoms with E-state index >= 15 is 0 Å². The van der Waals surface area contributed by atoms with Crippen molar-refractivity contribution in [3.8, 4) is 0 Å². The van der Waals surface area contributed by atoms with Gasteiger partial charge in [0, 0.05) is 33.4 Å². The summed E-state index contributed by atoms with van der Waals surface area (Å²) in [4.78, 5) is 6.74. The van der Waals surface area contributed by atoms with Gasteiger partial charge < -0.3 is 9.64 Å². The number of methoxy groups -OCH3 is 1. The molecular formula is C12H26N4O. The fourth-order valence-electron chi connectivity index (χ4n) is 2.09. The van der Waals surface area contributed by atoms with E-state index in [1.165, 1.54) is 6.42 Å². The van der Waals surface area contributed by atoms with E-state index in [1.54, 1.807) is 7.11 Å². The van der Waals surface area contributed by atoms with Crippen LogP contribution in [0.3, 0.4) is 0 Å². The summed E-state index contributed by atoms with van der Waals surface area (Å²) in [5.41, 5.74) is 2.72. The zero-order valence-electron chi connectivity index (χ0n) is 11.3. The Labute approximate surface area is 104 Å². The third kappa shape index (κ3) is 4.52. The number of guanidine groups is 1. The van der Waals surface area contributed by atoms with Crippen LogP contribution in [-0.2, 0) is 4.74 Å². The third-order valence-electron chi connectivity index (χ3n) is 3.53. The molecule has 0 aliphatic carbocycles. The van der Waals surface area contributed by atoms with Crippen LogP contribution >= 0.6 is 0 Å². The van der Waals surface area contributed by atoms with Crippen LogP contribution in [0.5, 0.6) is 0 Å². The summed E-state index contributed by atoms with van der Waals surface area (Å²) in [6.45, 7) is 8.18. The minimum Gasteiger partial charge on any atom is -0.385 e. The molecule has 1 aliphatic heterocycles. The highest BCUT2D eigenvalue weighted by atomic mass is 16.5. The van der Waals surface area contributed by atoms with Crippen LogP contribution < -0.4 is 11.3 Å². The van der Waals surface area contributed by atoms with Crippen LogP contribution in [0.15, 0.2) is 4.99 Å². The number of aliphatic imine (C=N–C) groups is 1. The molecule has 1 rings (SSSR count). The molecule has 1 saturated heterocycles. The largest absolute Gasteiger partial charge is 0.385 e. The molecule has 0 aromatic carbocycles. The first kappa shape index (κ1) is 14.3. The molecule has 1 heterocycles. The van der Waals surface area contributed by atoms with Gasteiger partial charge in [-0.05, 0) is 24.7 Å². The lowest BCUT2D eigenvalue weighted by Gasteiger charge is -2.36. The first-order chi connectivity index (χ1) is 8.19. The second-order valence-corrected chi connectivity index (χ2v) is 4.89. The Balaban J connectivity index is 2.44. The van der Waals surface area contributed by atoms with Crippen molar-refractivity contribution in [2.75, 3.05) is 33.4 Å². The first-order valence-corrected chi connectivity index (χ1v) is 6.44. The van der Waals surface area contributed by atoms with Gasteiger partial charge in [-0.2, -0.15) is 0 Å². The molecule has 1 aliphatic rings. The predicted octanol–water partition coefficient (Wildman–Crippen LogP) is 0.820. The second-order valence-electron chi connectivity index (χ2n) is 4.89. The Morgan fingerprint density at radius 3 is 2.82 bits per heavy atom. The van der Waals surface area contributed by atoms with Crippen molar-refractivity contribution in [2.24, 2.45) is 22.7 Å². The van der Waals surface area contributed by atoms with E-state index in [9.17, 15) is 0 Å². The SMILES string of the molecule is COCCCN=C(NN)N1CCC(C)C(C)C1. The number of nitrogens with one attached hydrogen (secondary N) is 1. The van der Waals surface area contributed by atoms with Crippen LogP contribution in [0, 0.1) is 11.8 Å². The van der Waals surface area contributed by atoms with Gasteiger partial charge in [-0.25, -0.2) is 5.84 Å². The molecule has 0 saturated carbocycles. The summed E-state index contributed by atoms with van der Waals surface area (Å²) >= 11 is 0. The fourth-order valence-corrected chi connectivity index (χ4v) is 2.09. The van der Waals surface area contributed by atoms with Crippen molar-refractivity contribution >= 4 is 5.96 Å². The van der Waals surface area contributed by atoms with Gasteiger partial charge in [0.25, 0.3) is 0 Å². The molecule has 2 unspecified atom stereocenters. The molecule has 3 N–H and O–H groups in total. The van der Waals surface area contributed by atoms with Gasteiger partial charge in [0.2, 0.25) is 5.96 Å². The number of hydrazine groups is 1. The van der Waals surface area contributed by atoms with E-state index in [4.69, 9.17) is 10.6 Å². The maximum atomic E-state index is 5.54. The molecule has 0 aromatic heterocycles. The second kappa shape index (κ2) is 7.50. The number of likely N-dealkylation sites (tertiary alicyclic amines) is 1. The van der Waals surface area contributed by atoms with Crippen molar-refractivity contribution in [1.29, 1.82) is 0 Å². The molecule has 5 nitrogen and oxygen atoms in total. The maximum Gasteiger partial charge on any atom is 0.208 e. The summed E-state index contributed by atoms with van der Waals surface area (Å²) in [5.74, 6) is 7.85. The third-order valence-corrected chi connectivity index (χ3v) is 3.53. The number of nitrogens with zero attached hydrogens (tertiary/aromatic N) is 2. The van der Waals surface area contributed by atoms with Crippen molar-refractivity contribution in [1.82, 2.24) is 10.3 Å². The highest BCUT2D eigenvalue weighted by molar-refractivity contribution is 5.79. The van der Waals surface area contributed by atoms with E-state index < -0.39 is 0 Å². The fraction of sp³-hybridized carbons (Fsp3) is 0.917. The molecule has 1 fully saturated rings. The lowest BCUT2D eigenvalue weighted by atomic mass is 9.89. The minimum absolute atomic E-state index is 0.696. The van der Waals surface area contributed by atoms with Crippen LogP contribution in [0.2, 0.25) is 0 Å². The molecular weight excluding hydrogens is 216 g/mol. The van der Waals surface area contributed by atoms with E-state index in [0.717, 1.165) is 44.5 Å². The number of rotatable bonds is 4. The van der Waals surface area contributed by atoms with Crippen molar-refractivity contribution in [2.45, 2.75) is 26.7 Å². The van der Waals surface area contributed by atoms with Crippen molar-refractivity contribution in [3.05, 3.63) is 0 Å². The highest BCUT2D eigenvalue weighted by Gasteiger charge is 2.24. The summed E-state index contributed by atoms with van der Waals surface area (Å²) < 4.78 is 5.00. The molecule has 0 bridgehead atoms. The normalized spacial score (nSPS) is 26.1. The Morgan fingerprint density at radius 1 is 1.47 bits per heavy atom. The highest BCUT2D eigenvalue weighted by Crippen LogP contribution is 2.22. The van der Waals surface area contributed by atoms with Gasteiger partial charge in [0.1, 0.15) is 0 Å². The molecule has 0 spiro atoms. The number of ether oxygens (including phenoxy) is 1. The van der Waals surface area contributed by atoms with Crippen LogP contribution in [0.25, 0.3) is 0 Å². The zero-order chi connectivity index (χ0) is 12.7. The van der Waals surface area contributed by atoms with Gasteiger partial charge in [0.15, 0.2) is 0 Å². The summed E-state index contributed by atoms with van der Waals surface area (Å²) in [6, 6.07) is 0. The maximum absolute atomic E-state index is 5.54. The molecule has 0 aromatic rings. The summed E-state index contributed by atoms with van der Waals surface area (Å²) in [7, 11) is 1.71. The van der Waals surface area contributed by atoms with E-state index in [-0.39, 0.29) is 0 Å². The molecule has 5 heteroatoms. The van der Waals surface area contributed by atoms with E-state index in [2.05, 4.69) is 29.2 Å². The summed E-state index contributed by atoms with van der Waals surface area (Å²) in [5, 5.41) is 0. The number of nitrogens with two attached hydrogens (primary N) is 1. The summed E-state index contributed by atoms with van der Waals surface area (Å²) in [6.07, 6.45) is 2.14. The smallest absolute Gasteiger partial charge is 0.208 e. The molecule has 17 heavy (non-hydrogen) atoms. The minimum atomic E-state index is 0.696. The van der Waals surface area contributed by atoms with Gasteiger partial charge in [-0.1, -0.05) is 13.8 Å². The van der Waals surface area contributed by atoms with Gasteiger partial charge in [-0.3, -0.25) is 10.4 Å². The number of hydrogen-bond acceptors (Lipinski definition) is 3. The Bertz CT molecular complexity index is 245. The van der Waals surface area contributed by atoms with Gasteiger partial charge in [-0.15, -0.1) is 0 Å².